The second-order valence-electron chi connectivity index (χ2n) is 5.13. The Morgan fingerprint density at radius 3 is 2.56 bits per heavy atom. The summed E-state index contributed by atoms with van der Waals surface area (Å²) in [6, 6.07) is 8.58. The lowest BCUT2D eigenvalue weighted by Crippen LogP contribution is -2.29. The van der Waals surface area contributed by atoms with Crippen LogP contribution in [0.1, 0.15) is 16.7 Å². The Bertz CT molecular complexity index is 857. The van der Waals surface area contributed by atoms with Gasteiger partial charge in [-0.05, 0) is 11.6 Å². The number of nitrogens with zero attached hydrogens (tertiary/aromatic N) is 2. The molecule has 0 saturated heterocycles. The summed E-state index contributed by atoms with van der Waals surface area (Å²) in [5.74, 6) is -0.562. The predicted molar refractivity (Wildman–Crippen MR) is 92.6 cm³/mol. The van der Waals surface area contributed by atoms with Gasteiger partial charge in [0.1, 0.15) is 18.9 Å². The van der Waals surface area contributed by atoms with Crippen molar-refractivity contribution in [2.24, 2.45) is 5.16 Å². The van der Waals surface area contributed by atoms with Crippen molar-refractivity contribution in [3.8, 4) is 5.88 Å². The molecule has 0 saturated carbocycles. The highest BCUT2D eigenvalue weighted by Crippen LogP contribution is 2.34. The summed E-state index contributed by atoms with van der Waals surface area (Å²) in [6.07, 6.45) is -4.60. The third-order valence-electron chi connectivity index (χ3n) is 3.40. The molecule has 1 aromatic heterocycles. The molecular formula is C17H15ClF3N3O3. The number of rotatable bonds is 6. The highest BCUT2D eigenvalue weighted by atomic mass is 35.5. The Kier molecular flexibility index (Phi) is 6.62. The van der Waals surface area contributed by atoms with Crippen molar-refractivity contribution in [3.05, 3.63) is 58.2 Å². The van der Waals surface area contributed by atoms with Gasteiger partial charge in [-0.2, -0.15) is 13.2 Å². The van der Waals surface area contributed by atoms with Crippen LogP contribution in [-0.4, -0.2) is 30.8 Å². The number of carbonyl (C=O) groups excluding carboxylic acids is 1. The minimum atomic E-state index is -4.60. The molecule has 0 aliphatic heterocycles. The number of carbonyl (C=O) groups is 1. The summed E-state index contributed by atoms with van der Waals surface area (Å²) in [7, 11) is 2.75. The smallest absolute Gasteiger partial charge is 0.419 e. The molecule has 0 aliphatic carbocycles. The molecule has 1 heterocycles. The maximum atomic E-state index is 12.7. The summed E-state index contributed by atoms with van der Waals surface area (Å²) in [5, 5.41) is 5.46. The van der Waals surface area contributed by atoms with E-state index in [9.17, 15) is 18.0 Å². The van der Waals surface area contributed by atoms with Gasteiger partial charge in [0.15, 0.2) is 5.71 Å². The molecular weight excluding hydrogens is 387 g/mol. The monoisotopic (exact) mass is 401 g/mol. The average molecular weight is 402 g/mol. The fraction of sp³-hybridized carbons (Fsp3) is 0.235. The lowest BCUT2D eigenvalue weighted by Gasteiger charge is -2.13. The van der Waals surface area contributed by atoms with Crippen LogP contribution in [0.15, 0.2) is 41.6 Å². The lowest BCUT2D eigenvalue weighted by molar-refractivity contribution is -0.137. The quantitative estimate of drug-likeness (QED) is 0.457. The van der Waals surface area contributed by atoms with Crippen LogP contribution in [0, 0.1) is 0 Å². The van der Waals surface area contributed by atoms with E-state index in [1.807, 2.05) is 0 Å². The number of ether oxygens (including phenoxy) is 1. The molecule has 144 valence electrons. The maximum Gasteiger partial charge on any atom is 0.419 e. The van der Waals surface area contributed by atoms with Gasteiger partial charge in [0.05, 0.1) is 5.56 Å². The van der Waals surface area contributed by atoms with Crippen LogP contribution in [0.5, 0.6) is 5.88 Å². The van der Waals surface area contributed by atoms with Crippen LogP contribution < -0.4 is 10.1 Å². The van der Waals surface area contributed by atoms with E-state index < -0.39 is 22.8 Å². The predicted octanol–water partition coefficient (Wildman–Crippen LogP) is 3.43. The minimum absolute atomic E-state index is 0.0256. The number of pyridine rings is 1. The number of benzene rings is 1. The van der Waals surface area contributed by atoms with E-state index in [4.69, 9.17) is 21.2 Å². The molecule has 2 aromatic rings. The fourth-order valence-electron chi connectivity index (χ4n) is 2.16. The Hall–Kier alpha value is -2.81. The molecule has 1 aromatic carbocycles. The summed E-state index contributed by atoms with van der Waals surface area (Å²) >= 11 is 5.58. The second-order valence-corrected chi connectivity index (χ2v) is 5.49. The Labute approximate surface area is 157 Å². The molecule has 0 spiro atoms. The first-order valence-electron chi connectivity index (χ1n) is 7.56. The number of aromatic nitrogens is 1. The van der Waals surface area contributed by atoms with Gasteiger partial charge in [0.25, 0.3) is 5.91 Å². The van der Waals surface area contributed by atoms with Crippen molar-refractivity contribution in [2.45, 2.75) is 12.8 Å². The van der Waals surface area contributed by atoms with E-state index >= 15 is 0 Å². The SMILES string of the molecule is CNC(=O)/C(=N\OC)c1ccccc1COc1ccc(C(F)(F)F)c(Cl)n1. The first kappa shape index (κ1) is 20.5. The first-order valence-corrected chi connectivity index (χ1v) is 7.93. The molecule has 0 unspecified atom stereocenters. The number of nitrogens with one attached hydrogen (secondary N) is 1. The zero-order chi connectivity index (χ0) is 20.0. The number of alkyl halides is 3. The standard InChI is InChI=1S/C17H15ClF3N3O3/c1-22-16(25)14(24-26-2)11-6-4-3-5-10(11)9-27-13-8-7-12(15(18)23-13)17(19,20)21/h3-8H,9H2,1-2H3,(H,22,25)/b24-14-. The number of amides is 1. The molecule has 0 radical (unpaired) electrons. The molecule has 2 rings (SSSR count). The zero-order valence-electron chi connectivity index (χ0n) is 14.3. The Morgan fingerprint density at radius 1 is 1.26 bits per heavy atom. The van der Waals surface area contributed by atoms with Gasteiger partial charge in [-0.1, -0.05) is 41.0 Å². The van der Waals surface area contributed by atoms with Crippen LogP contribution in [0.2, 0.25) is 5.15 Å². The van der Waals surface area contributed by atoms with E-state index in [-0.39, 0.29) is 18.2 Å². The number of hydrogen-bond acceptors (Lipinski definition) is 5. The molecule has 0 bridgehead atoms. The summed E-state index contributed by atoms with van der Waals surface area (Å²) in [4.78, 5) is 20.3. The Balaban J connectivity index is 2.26. The van der Waals surface area contributed by atoms with E-state index in [1.54, 1.807) is 24.3 Å². The van der Waals surface area contributed by atoms with Crippen LogP contribution in [-0.2, 0) is 22.4 Å². The van der Waals surface area contributed by atoms with Gasteiger partial charge in [0.2, 0.25) is 5.88 Å². The number of hydrogen-bond donors (Lipinski definition) is 1. The number of likely N-dealkylation sites (N-methyl/N-ethyl adjacent to an activating group) is 1. The first-order chi connectivity index (χ1) is 12.8. The van der Waals surface area contributed by atoms with E-state index in [1.165, 1.54) is 14.2 Å². The number of oxime groups is 1. The van der Waals surface area contributed by atoms with Crippen molar-refractivity contribution in [3.63, 3.8) is 0 Å². The van der Waals surface area contributed by atoms with Crippen molar-refractivity contribution in [1.82, 2.24) is 10.3 Å². The summed E-state index contributed by atoms with van der Waals surface area (Å²) in [5.41, 5.74) is -0.0323. The third kappa shape index (κ3) is 5.10. The molecule has 0 fully saturated rings. The van der Waals surface area contributed by atoms with Crippen LogP contribution in [0.25, 0.3) is 0 Å². The molecule has 27 heavy (non-hydrogen) atoms. The average Bonchev–Trinajstić information content (AvgIpc) is 2.63. The third-order valence-corrected chi connectivity index (χ3v) is 3.69. The van der Waals surface area contributed by atoms with Gasteiger partial charge in [-0.3, -0.25) is 4.79 Å². The highest BCUT2D eigenvalue weighted by Gasteiger charge is 2.34. The number of halogens is 4. The Morgan fingerprint density at radius 2 is 1.96 bits per heavy atom. The summed E-state index contributed by atoms with van der Waals surface area (Å²) < 4.78 is 43.6. The summed E-state index contributed by atoms with van der Waals surface area (Å²) in [6.45, 7) is -0.0788. The topological polar surface area (TPSA) is 72.8 Å². The van der Waals surface area contributed by atoms with Gasteiger partial charge in [-0.15, -0.1) is 0 Å². The molecule has 1 amide bonds. The molecule has 0 aliphatic rings. The molecule has 1 N–H and O–H groups in total. The molecule has 6 nitrogen and oxygen atoms in total. The highest BCUT2D eigenvalue weighted by molar-refractivity contribution is 6.45. The normalized spacial score (nSPS) is 11.9. The second kappa shape index (κ2) is 8.72. The van der Waals surface area contributed by atoms with E-state index in [0.717, 1.165) is 12.1 Å². The fourth-order valence-corrected chi connectivity index (χ4v) is 2.41. The van der Waals surface area contributed by atoms with Crippen molar-refractivity contribution in [1.29, 1.82) is 0 Å². The minimum Gasteiger partial charge on any atom is -0.473 e. The largest absolute Gasteiger partial charge is 0.473 e. The van der Waals surface area contributed by atoms with Crippen molar-refractivity contribution >= 4 is 23.2 Å². The molecule has 0 atom stereocenters. The van der Waals surface area contributed by atoms with E-state index in [2.05, 4.69) is 15.5 Å². The van der Waals surface area contributed by atoms with Crippen molar-refractivity contribution in [2.75, 3.05) is 14.2 Å². The molecule has 10 heteroatoms. The van der Waals surface area contributed by atoms with Crippen molar-refractivity contribution < 1.29 is 27.5 Å². The van der Waals surface area contributed by atoms with Gasteiger partial charge < -0.3 is 14.9 Å². The van der Waals surface area contributed by atoms with Gasteiger partial charge >= 0.3 is 6.18 Å². The van der Waals surface area contributed by atoms with Crippen LogP contribution in [0.4, 0.5) is 13.2 Å². The van der Waals surface area contributed by atoms with E-state index in [0.29, 0.717) is 11.1 Å². The van der Waals surface area contributed by atoms with Crippen LogP contribution in [0.3, 0.4) is 0 Å². The van der Waals surface area contributed by atoms with Gasteiger partial charge in [-0.25, -0.2) is 4.98 Å². The van der Waals surface area contributed by atoms with Gasteiger partial charge in [0, 0.05) is 18.7 Å². The lowest BCUT2D eigenvalue weighted by atomic mass is 10.0. The zero-order valence-corrected chi connectivity index (χ0v) is 15.1. The van der Waals surface area contributed by atoms with Crippen LogP contribution >= 0.6 is 11.6 Å². The maximum absolute atomic E-state index is 12.7.